The van der Waals surface area contributed by atoms with Crippen molar-refractivity contribution >= 4 is 0 Å². The number of aliphatic hydroxyl groups is 1. The van der Waals surface area contributed by atoms with E-state index in [1.54, 1.807) is 0 Å². The van der Waals surface area contributed by atoms with Crippen molar-refractivity contribution in [3.05, 3.63) is 23.3 Å². The molecule has 1 rings (SSSR count). The fourth-order valence-corrected chi connectivity index (χ4v) is 1.85. The monoisotopic (exact) mass is 166 g/mol. The van der Waals surface area contributed by atoms with Crippen LogP contribution in [-0.2, 0) is 0 Å². The summed E-state index contributed by atoms with van der Waals surface area (Å²) in [5.41, 5.74) is 2.46. The fraction of sp³-hybridized carbons (Fsp3) is 0.636. The number of aliphatic hydroxyl groups excluding tert-OH is 1. The van der Waals surface area contributed by atoms with Crippen molar-refractivity contribution in [2.45, 2.75) is 39.7 Å². The smallest absolute Gasteiger partial charge is 0.0815 e. The van der Waals surface area contributed by atoms with Gasteiger partial charge in [0.1, 0.15) is 0 Å². The van der Waals surface area contributed by atoms with Crippen molar-refractivity contribution < 1.29 is 5.11 Å². The summed E-state index contributed by atoms with van der Waals surface area (Å²) in [5.74, 6) is 0.417. The molecule has 0 aromatic carbocycles. The maximum Gasteiger partial charge on any atom is 0.0815 e. The van der Waals surface area contributed by atoms with Gasteiger partial charge in [-0.15, -0.1) is 0 Å². The third kappa shape index (κ3) is 1.61. The largest absolute Gasteiger partial charge is 0.388 e. The molecule has 1 N–H and O–H groups in total. The molecule has 1 aliphatic rings. The molecule has 2 unspecified atom stereocenters. The van der Waals surface area contributed by atoms with Crippen LogP contribution < -0.4 is 0 Å². The average molecular weight is 166 g/mol. The lowest BCUT2D eigenvalue weighted by molar-refractivity contribution is 0.137. The molecule has 12 heavy (non-hydrogen) atoms. The number of allylic oxidation sites excluding steroid dienone is 2. The SMILES string of the molecule is C/C=C1/CCC(C)C(O)/C1=C/C. The lowest BCUT2D eigenvalue weighted by atomic mass is 9.80. The van der Waals surface area contributed by atoms with Gasteiger partial charge in [0.25, 0.3) is 0 Å². The van der Waals surface area contributed by atoms with Crippen molar-refractivity contribution in [1.29, 1.82) is 0 Å². The molecule has 1 saturated carbocycles. The van der Waals surface area contributed by atoms with Gasteiger partial charge in [-0.1, -0.05) is 19.1 Å². The van der Waals surface area contributed by atoms with Gasteiger partial charge in [-0.2, -0.15) is 0 Å². The summed E-state index contributed by atoms with van der Waals surface area (Å²) >= 11 is 0. The molecule has 0 spiro atoms. The van der Waals surface area contributed by atoms with E-state index in [2.05, 4.69) is 13.0 Å². The van der Waals surface area contributed by atoms with Crippen LogP contribution >= 0.6 is 0 Å². The van der Waals surface area contributed by atoms with Crippen LogP contribution in [0.25, 0.3) is 0 Å². The van der Waals surface area contributed by atoms with Crippen molar-refractivity contribution in [2.75, 3.05) is 0 Å². The molecule has 68 valence electrons. The van der Waals surface area contributed by atoms with E-state index in [4.69, 9.17) is 0 Å². The second-order valence-corrected chi connectivity index (χ2v) is 3.52. The standard InChI is InChI=1S/C11H18O/c1-4-9-7-6-8(3)11(12)10(9)5-2/h4-5,8,11-12H,6-7H2,1-3H3/b9-4-,10-5+. The number of hydrogen-bond donors (Lipinski definition) is 1. The predicted molar refractivity (Wildman–Crippen MR) is 51.9 cm³/mol. The Bertz CT molecular complexity index is 213. The summed E-state index contributed by atoms with van der Waals surface area (Å²) in [4.78, 5) is 0. The highest BCUT2D eigenvalue weighted by molar-refractivity contribution is 5.35. The van der Waals surface area contributed by atoms with Crippen LogP contribution in [0.3, 0.4) is 0 Å². The summed E-state index contributed by atoms with van der Waals surface area (Å²) in [6.07, 6.45) is 6.14. The molecule has 0 amide bonds. The van der Waals surface area contributed by atoms with Crippen molar-refractivity contribution in [3.63, 3.8) is 0 Å². The van der Waals surface area contributed by atoms with E-state index in [-0.39, 0.29) is 6.10 Å². The van der Waals surface area contributed by atoms with Crippen molar-refractivity contribution in [1.82, 2.24) is 0 Å². The predicted octanol–water partition coefficient (Wildman–Crippen LogP) is 2.67. The highest BCUT2D eigenvalue weighted by Gasteiger charge is 2.25. The van der Waals surface area contributed by atoms with Crippen LogP contribution in [0, 0.1) is 5.92 Å². The molecule has 1 aliphatic carbocycles. The molecule has 0 aliphatic heterocycles. The Kier molecular flexibility index (Phi) is 3.10. The van der Waals surface area contributed by atoms with Crippen LogP contribution in [0.1, 0.15) is 33.6 Å². The zero-order chi connectivity index (χ0) is 9.14. The van der Waals surface area contributed by atoms with E-state index in [1.165, 1.54) is 5.57 Å². The van der Waals surface area contributed by atoms with Gasteiger partial charge in [-0.25, -0.2) is 0 Å². The Labute approximate surface area is 74.8 Å². The minimum atomic E-state index is -0.241. The van der Waals surface area contributed by atoms with Gasteiger partial charge in [0.05, 0.1) is 6.10 Å². The molecule has 0 radical (unpaired) electrons. The molecule has 2 atom stereocenters. The summed E-state index contributed by atoms with van der Waals surface area (Å²) in [7, 11) is 0. The highest BCUT2D eigenvalue weighted by Crippen LogP contribution is 2.32. The Hall–Kier alpha value is -0.560. The zero-order valence-corrected chi connectivity index (χ0v) is 8.17. The van der Waals surface area contributed by atoms with E-state index in [1.807, 2.05) is 19.9 Å². The second-order valence-electron chi connectivity index (χ2n) is 3.52. The van der Waals surface area contributed by atoms with Crippen LogP contribution in [-0.4, -0.2) is 11.2 Å². The van der Waals surface area contributed by atoms with Gasteiger partial charge < -0.3 is 5.11 Å². The van der Waals surface area contributed by atoms with Gasteiger partial charge in [0.2, 0.25) is 0 Å². The van der Waals surface area contributed by atoms with Crippen LogP contribution in [0.15, 0.2) is 23.3 Å². The van der Waals surface area contributed by atoms with Crippen LogP contribution in [0.2, 0.25) is 0 Å². The number of hydrogen-bond acceptors (Lipinski definition) is 1. The van der Waals surface area contributed by atoms with Gasteiger partial charge in [-0.05, 0) is 43.8 Å². The molecule has 1 nitrogen and oxygen atoms in total. The van der Waals surface area contributed by atoms with E-state index >= 15 is 0 Å². The molecule has 0 saturated heterocycles. The molecule has 1 fully saturated rings. The van der Waals surface area contributed by atoms with Gasteiger partial charge in [-0.3, -0.25) is 0 Å². The Balaban J connectivity index is 2.87. The molecule has 1 heteroatoms. The normalized spacial score (nSPS) is 37.7. The summed E-state index contributed by atoms with van der Waals surface area (Å²) in [5, 5.41) is 9.83. The lowest BCUT2D eigenvalue weighted by Gasteiger charge is -2.29. The molecular formula is C11H18O. The van der Waals surface area contributed by atoms with E-state index in [0.29, 0.717) is 5.92 Å². The number of rotatable bonds is 0. The topological polar surface area (TPSA) is 20.2 Å². The first-order valence-electron chi connectivity index (χ1n) is 4.70. The average Bonchev–Trinajstić information content (AvgIpc) is 2.09. The van der Waals surface area contributed by atoms with Crippen LogP contribution in [0.5, 0.6) is 0 Å². The lowest BCUT2D eigenvalue weighted by Crippen LogP contribution is -2.25. The second kappa shape index (κ2) is 3.90. The molecule has 0 aromatic heterocycles. The van der Waals surface area contributed by atoms with E-state index in [9.17, 15) is 5.11 Å². The maximum atomic E-state index is 9.83. The molecule has 0 bridgehead atoms. The zero-order valence-electron chi connectivity index (χ0n) is 8.17. The molecular weight excluding hydrogens is 148 g/mol. The van der Waals surface area contributed by atoms with Crippen molar-refractivity contribution in [2.24, 2.45) is 5.92 Å². The van der Waals surface area contributed by atoms with Gasteiger partial charge in [0.15, 0.2) is 0 Å². The summed E-state index contributed by atoms with van der Waals surface area (Å²) < 4.78 is 0. The minimum Gasteiger partial charge on any atom is -0.388 e. The summed E-state index contributed by atoms with van der Waals surface area (Å²) in [6, 6.07) is 0. The fourth-order valence-electron chi connectivity index (χ4n) is 1.85. The maximum absolute atomic E-state index is 9.83. The minimum absolute atomic E-state index is 0.241. The Morgan fingerprint density at radius 1 is 1.33 bits per heavy atom. The first-order valence-corrected chi connectivity index (χ1v) is 4.70. The van der Waals surface area contributed by atoms with E-state index < -0.39 is 0 Å². The first kappa shape index (κ1) is 9.53. The quantitative estimate of drug-likeness (QED) is 0.586. The Morgan fingerprint density at radius 2 is 2.00 bits per heavy atom. The Morgan fingerprint density at radius 3 is 2.50 bits per heavy atom. The third-order valence-corrected chi connectivity index (χ3v) is 2.76. The van der Waals surface area contributed by atoms with Crippen LogP contribution in [0.4, 0.5) is 0 Å². The van der Waals surface area contributed by atoms with Crippen molar-refractivity contribution in [3.8, 4) is 0 Å². The third-order valence-electron chi connectivity index (χ3n) is 2.76. The van der Waals surface area contributed by atoms with Gasteiger partial charge in [0, 0.05) is 0 Å². The molecule has 0 heterocycles. The van der Waals surface area contributed by atoms with E-state index in [0.717, 1.165) is 18.4 Å². The highest BCUT2D eigenvalue weighted by atomic mass is 16.3. The first-order chi connectivity index (χ1) is 5.70. The van der Waals surface area contributed by atoms with Gasteiger partial charge >= 0.3 is 0 Å². The summed E-state index contributed by atoms with van der Waals surface area (Å²) in [6.45, 7) is 6.15. The molecule has 0 aromatic rings.